The molecule has 0 spiro atoms. The van der Waals surface area contributed by atoms with Gasteiger partial charge in [-0.3, -0.25) is 0 Å². The van der Waals surface area contributed by atoms with Crippen LogP contribution in [0.25, 0.3) is 0 Å². The van der Waals surface area contributed by atoms with Crippen molar-refractivity contribution in [3.05, 3.63) is 64.4 Å². The number of hydrogen-bond donors (Lipinski definition) is 2. The van der Waals surface area contributed by atoms with Gasteiger partial charge < -0.3 is 15.6 Å². The number of aliphatic hydroxyl groups is 1. The Morgan fingerprint density at radius 2 is 1.86 bits per heavy atom. The minimum atomic E-state index is -0.381. The Hall–Kier alpha value is -1.33. The normalized spacial score (nSPS) is 11.6. The summed E-state index contributed by atoms with van der Waals surface area (Å²) >= 11 is 5.94. The molecule has 0 bridgehead atoms. The standard InChI is InChI=1S/C16H17ClFNO2.ClH/c17-15-2-1-3-16(18)14(15)10-21-13-6-4-11(5-7-13)8-12(19)9-20;/h1-7,12,20H,8-10,19H2;1H. The highest BCUT2D eigenvalue weighted by Crippen LogP contribution is 2.21. The second kappa shape index (κ2) is 8.96. The second-order valence-corrected chi connectivity index (χ2v) is 5.19. The third kappa shape index (κ3) is 5.14. The van der Waals surface area contributed by atoms with Crippen LogP contribution in [0.2, 0.25) is 5.02 Å². The summed E-state index contributed by atoms with van der Waals surface area (Å²) in [6.45, 7) is 0.0189. The Kier molecular flexibility index (Phi) is 7.62. The zero-order valence-corrected chi connectivity index (χ0v) is 13.4. The van der Waals surface area contributed by atoms with Gasteiger partial charge >= 0.3 is 0 Å². The molecule has 3 nitrogen and oxygen atoms in total. The summed E-state index contributed by atoms with van der Waals surface area (Å²) in [6, 6.07) is 11.6. The molecule has 0 aliphatic heterocycles. The number of halogens is 3. The van der Waals surface area contributed by atoms with Crippen LogP contribution in [-0.2, 0) is 13.0 Å². The molecule has 1 unspecified atom stereocenters. The molecular formula is C16H18Cl2FNO2. The largest absolute Gasteiger partial charge is 0.489 e. The average molecular weight is 346 g/mol. The van der Waals surface area contributed by atoms with Gasteiger partial charge in [0, 0.05) is 11.6 Å². The van der Waals surface area contributed by atoms with E-state index in [4.69, 9.17) is 27.2 Å². The lowest BCUT2D eigenvalue weighted by Gasteiger charge is -2.11. The van der Waals surface area contributed by atoms with E-state index in [0.717, 1.165) is 5.56 Å². The fraction of sp³-hybridized carbons (Fsp3) is 0.250. The van der Waals surface area contributed by atoms with Crippen molar-refractivity contribution in [1.82, 2.24) is 0 Å². The SMILES string of the molecule is Cl.NC(CO)Cc1ccc(OCc2c(F)cccc2Cl)cc1. The van der Waals surface area contributed by atoms with Gasteiger partial charge in [-0.15, -0.1) is 12.4 Å². The first-order valence-corrected chi connectivity index (χ1v) is 6.99. The Balaban J connectivity index is 0.00000242. The molecule has 1 atom stereocenters. The van der Waals surface area contributed by atoms with Gasteiger partial charge in [-0.05, 0) is 36.2 Å². The molecule has 22 heavy (non-hydrogen) atoms. The third-order valence-corrected chi connectivity index (χ3v) is 3.45. The molecule has 0 radical (unpaired) electrons. The highest BCUT2D eigenvalue weighted by Gasteiger charge is 2.08. The van der Waals surface area contributed by atoms with Gasteiger partial charge in [0.2, 0.25) is 0 Å². The summed E-state index contributed by atoms with van der Waals surface area (Å²) in [5, 5.41) is 9.26. The van der Waals surface area contributed by atoms with Gasteiger partial charge in [0.1, 0.15) is 18.2 Å². The fourth-order valence-corrected chi connectivity index (χ4v) is 2.13. The molecule has 0 saturated carbocycles. The quantitative estimate of drug-likeness (QED) is 0.844. The molecule has 2 aromatic carbocycles. The number of aliphatic hydroxyl groups excluding tert-OH is 1. The molecule has 0 amide bonds. The topological polar surface area (TPSA) is 55.5 Å². The average Bonchev–Trinajstić information content (AvgIpc) is 2.48. The molecule has 0 heterocycles. The lowest BCUT2D eigenvalue weighted by atomic mass is 10.1. The first kappa shape index (κ1) is 18.7. The highest BCUT2D eigenvalue weighted by molar-refractivity contribution is 6.31. The number of nitrogens with two attached hydrogens (primary N) is 1. The van der Waals surface area contributed by atoms with Crippen LogP contribution in [0.3, 0.4) is 0 Å². The summed E-state index contributed by atoms with van der Waals surface area (Å²) in [5.74, 6) is 0.240. The zero-order valence-electron chi connectivity index (χ0n) is 11.8. The van der Waals surface area contributed by atoms with Gasteiger partial charge in [-0.2, -0.15) is 0 Å². The first-order chi connectivity index (χ1) is 10.1. The van der Waals surface area contributed by atoms with E-state index in [9.17, 15) is 4.39 Å². The van der Waals surface area contributed by atoms with E-state index < -0.39 is 0 Å². The molecule has 0 fully saturated rings. The van der Waals surface area contributed by atoms with Crippen molar-refractivity contribution < 1.29 is 14.2 Å². The smallest absolute Gasteiger partial charge is 0.131 e. The summed E-state index contributed by atoms with van der Waals surface area (Å²) in [5.41, 5.74) is 7.02. The second-order valence-electron chi connectivity index (χ2n) is 4.78. The highest BCUT2D eigenvalue weighted by atomic mass is 35.5. The Labute approximate surface area is 140 Å². The van der Waals surface area contributed by atoms with Crippen molar-refractivity contribution >= 4 is 24.0 Å². The zero-order chi connectivity index (χ0) is 15.2. The van der Waals surface area contributed by atoms with Gasteiger partial charge in [-0.25, -0.2) is 4.39 Å². The van der Waals surface area contributed by atoms with E-state index in [2.05, 4.69) is 0 Å². The minimum absolute atomic E-state index is 0. The van der Waals surface area contributed by atoms with Gasteiger partial charge in [-0.1, -0.05) is 29.8 Å². The van der Waals surface area contributed by atoms with Gasteiger partial charge in [0.25, 0.3) is 0 Å². The Morgan fingerprint density at radius 1 is 1.18 bits per heavy atom. The summed E-state index contributed by atoms with van der Waals surface area (Å²) in [7, 11) is 0. The predicted molar refractivity (Wildman–Crippen MR) is 88.2 cm³/mol. The van der Waals surface area contributed by atoms with Gasteiger partial charge in [0.05, 0.1) is 11.6 Å². The molecule has 2 rings (SSSR count). The maximum atomic E-state index is 13.6. The van der Waals surface area contributed by atoms with E-state index in [1.807, 2.05) is 12.1 Å². The van der Waals surface area contributed by atoms with E-state index >= 15 is 0 Å². The Bertz CT molecular complexity index is 573. The summed E-state index contributed by atoms with van der Waals surface area (Å²) in [6.07, 6.45) is 0.593. The fourth-order valence-electron chi connectivity index (χ4n) is 1.91. The molecule has 120 valence electrons. The van der Waals surface area contributed by atoms with E-state index in [1.54, 1.807) is 24.3 Å². The third-order valence-electron chi connectivity index (χ3n) is 3.10. The Morgan fingerprint density at radius 3 is 2.45 bits per heavy atom. The number of hydrogen-bond acceptors (Lipinski definition) is 3. The summed E-state index contributed by atoms with van der Waals surface area (Å²) < 4.78 is 19.1. The van der Waals surface area contributed by atoms with Crippen LogP contribution in [-0.4, -0.2) is 17.8 Å². The molecular weight excluding hydrogens is 328 g/mol. The first-order valence-electron chi connectivity index (χ1n) is 6.61. The van der Waals surface area contributed by atoms with Crippen LogP contribution in [0, 0.1) is 5.82 Å². The van der Waals surface area contributed by atoms with Gasteiger partial charge in [0.15, 0.2) is 0 Å². The molecule has 0 saturated heterocycles. The van der Waals surface area contributed by atoms with E-state index in [0.29, 0.717) is 22.8 Å². The molecule has 6 heteroatoms. The predicted octanol–water partition coefficient (Wildman–Crippen LogP) is 3.34. The van der Waals surface area contributed by atoms with Crippen LogP contribution in [0.1, 0.15) is 11.1 Å². The number of benzene rings is 2. The van der Waals surface area contributed by atoms with Crippen molar-refractivity contribution in [2.75, 3.05) is 6.61 Å². The summed E-state index contributed by atoms with van der Waals surface area (Å²) in [4.78, 5) is 0. The number of ether oxygens (including phenoxy) is 1. The lowest BCUT2D eigenvalue weighted by molar-refractivity contribution is 0.265. The van der Waals surface area contributed by atoms with Crippen molar-refractivity contribution in [3.8, 4) is 5.75 Å². The van der Waals surface area contributed by atoms with Crippen LogP contribution in [0.4, 0.5) is 4.39 Å². The molecule has 3 N–H and O–H groups in total. The van der Waals surface area contributed by atoms with Crippen LogP contribution in [0.5, 0.6) is 5.75 Å². The minimum Gasteiger partial charge on any atom is -0.489 e. The molecule has 0 aliphatic carbocycles. The van der Waals surface area contributed by atoms with Crippen molar-refractivity contribution in [3.63, 3.8) is 0 Å². The molecule has 2 aromatic rings. The van der Waals surface area contributed by atoms with Crippen LogP contribution in [0.15, 0.2) is 42.5 Å². The molecule has 0 aliphatic rings. The van der Waals surface area contributed by atoms with Crippen molar-refractivity contribution in [2.24, 2.45) is 5.73 Å². The number of rotatable bonds is 6. The maximum Gasteiger partial charge on any atom is 0.131 e. The van der Waals surface area contributed by atoms with Crippen LogP contribution < -0.4 is 10.5 Å². The maximum absolute atomic E-state index is 13.6. The van der Waals surface area contributed by atoms with Crippen molar-refractivity contribution in [2.45, 2.75) is 19.1 Å². The van der Waals surface area contributed by atoms with E-state index in [1.165, 1.54) is 6.07 Å². The van der Waals surface area contributed by atoms with E-state index in [-0.39, 0.29) is 37.5 Å². The molecule has 0 aromatic heterocycles. The lowest BCUT2D eigenvalue weighted by Crippen LogP contribution is -2.26. The van der Waals surface area contributed by atoms with Crippen molar-refractivity contribution in [1.29, 1.82) is 0 Å². The monoisotopic (exact) mass is 345 g/mol. The van der Waals surface area contributed by atoms with Crippen LogP contribution >= 0.6 is 24.0 Å².